The standard InChI is InChI=1S/C27H26N2OS/c1-18-14-16-23(17-15-18)28-25(21-10-6-4-7-11-21)24-19(2)20(3)31-27(24)29-26(30)22-12-8-5-9-13-22/h4-17,25,28H,1-3H3,(H,29,30). The molecule has 0 aliphatic carbocycles. The number of thiophene rings is 1. The van der Waals surface area contributed by atoms with Gasteiger partial charge in [-0.2, -0.15) is 0 Å². The van der Waals surface area contributed by atoms with E-state index in [2.05, 4.69) is 79.9 Å². The summed E-state index contributed by atoms with van der Waals surface area (Å²) in [4.78, 5) is 14.1. The van der Waals surface area contributed by atoms with E-state index in [4.69, 9.17) is 0 Å². The number of aryl methyl sites for hydroxylation is 2. The van der Waals surface area contributed by atoms with Crippen LogP contribution in [0.3, 0.4) is 0 Å². The molecule has 3 aromatic carbocycles. The average Bonchev–Trinajstić information content (AvgIpc) is 3.07. The molecule has 1 amide bonds. The van der Waals surface area contributed by atoms with Gasteiger partial charge in [-0.3, -0.25) is 4.79 Å². The second kappa shape index (κ2) is 9.19. The second-order valence-corrected chi connectivity index (χ2v) is 8.93. The fourth-order valence-electron chi connectivity index (χ4n) is 3.63. The molecule has 1 atom stereocenters. The van der Waals surface area contributed by atoms with Crippen molar-refractivity contribution in [2.24, 2.45) is 0 Å². The summed E-state index contributed by atoms with van der Waals surface area (Å²) < 4.78 is 0. The van der Waals surface area contributed by atoms with Gasteiger partial charge in [0.1, 0.15) is 5.00 Å². The zero-order chi connectivity index (χ0) is 21.8. The first-order valence-electron chi connectivity index (χ1n) is 10.4. The van der Waals surface area contributed by atoms with Gasteiger partial charge in [-0.05, 0) is 56.2 Å². The van der Waals surface area contributed by atoms with E-state index in [-0.39, 0.29) is 11.9 Å². The summed E-state index contributed by atoms with van der Waals surface area (Å²) in [5.74, 6) is -0.0924. The van der Waals surface area contributed by atoms with Crippen molar-refractivity contribution in [3.8, 4) is 0 Å². The van der Waals surface area contributed by atoms with Gasteiger partial charge in [-0.1, -0.05) is 66.2 Å². The average molecular weight is 427 g/mol. The van der Waals surface area contributed by atoms with Crippen LogP contribution in [0.4, 0.5) is 10.7 Å². The molecule has 2 N–H and O–H groups in total. The predicted octanol–water partition coefficient (Wildman–Crippen LogP) is 7.13. The van der Waals surface area contributed by atoms with Crippen molar-refractivity contribution >= 4 is 27.9 Å². The van der Waals surface area contributed by atoms with Crippen molar-refractivity contribution < 1.29 is 4.79 Å². The van der Waals surface area contributed by atoms with Gasteiger partial charge in [-0.15, -0.1) is 11.3 Å². The summed E-state index contributed by atoms with van der Waals surface area (Å²) in [5, 5.41) is 7.76. The van der Waals surface area contributed by atoms with Gasteiger partial charge in [0.2, 0.25) is 0 Å². The molecule has 0 saturated heterocycles. The first kappa shape index (κ1) is 20.9. The Hall–Kier alpha value is -3.37. The molecule has 0 bridgehead atoms. The number of benzene rings is 3. The third kappa shape index (κ3) is 4.70. The normalized spacial score (nSPS) is 11.7. The topological polar surface area (TPSA) is 41.1 Å². The molecule has 31 heavy (non-hydrogen) atoms. The van der Waals surface area contributed by atoms with Gasteiger partial charge in [0.05, 0.1) is 6.04 Å². The molecule has 0 fully saturated rings. The highest BCUT2D eigenvalue weighted by atomic mass is 32.1. The molecular weight excluding hydrogens is 400 g/mol. The van der Waals surface area contributed by atoms with E-state index in [0.29, 0.717) is 5.56 Å². The van der Waals surface area contributed by atoms with Gasteiger partial charge >= 0.3 is 0 Å². The summed E-state index contributed by atoms with van der Waals surface area (Å²) in [6.07, 6.45) is 0. The molecule has 1 aromatic heterocycles. The molecule has 1 unspecified atom stereocenters. The molecule has 3 nitrogen and oxygen atoms in total. The Balaban J connectivity index is 1.75. The number of nitrogens with one attached hydrogen (secondary N) is 2. The first-order chi connectivity index (χ1) is 15.0. The summed E-state index contributed by atoms with van der Waals surface area (Å²) in [6, 6.07) is 28.1. The molecular formula is C27H26N2OS. The number of anilines is 2. The Labute approximate surface area is 187 Å². The van der Waals surface area contributed by atoms with Crippen LogP contribution >= 0.6 is 11.3 Å². The fourth-order valence-corrected chi connectivity index (χ4v) is 4.73. The minimum atomic E-state index is -0.0924. The Morgan fingerprint density at radius 1 is 0.806 bits per heavy atom. The molecule has 0 radical (unpaired) electrons. The second-order valence-electron chi connectivity index (χ2n) is 7.70. The lowest BCUT2D eigenvalue weighted by atomic mass is 9.96. The number of carbonyl (C=O) groups excluding carboxylic acids is 1. The molecule has 4 rings (SSSR count). The Kier molecular flexibility index (Phi) is 6.19. The molecule has 0 saturated carbocycles. The number of carbonyl (C=O) groups is 1. The number of hydrogen-bond donors (Lipinski definition) is 2. The Bertz CT molecular complexity index is 1170. The largest absolute Gasteiger partial charge is 0.374 e. The van der Waals surface area contributed by atoms with Gasteiger partial charge in [-0.25, -0.2) is 0 Å². The minimum Gasteiger partial charge on any atom is -0.374 e. The maximum absolute atomic E-state index is 12.9. The van der Waals surface area contributed by atoms with E-state index < -0.39 is 0 Å². The zero-order valence-electron chi connectivity index (χ0n) is 18.0. The SMILES string of the molecule is Cc1ccc(NC(c2ccccc2)c2c(NC(=O)c3ccccc3)sc(C)c2C)cc1. The van der Waals surface area contributed by atoms with Gasteiger partial charge in [0.15, 0.2) is 0 Å². The minimum absolute atomic E-state index is 0.0834. The number of rotatable bonds is 6. The highest BCUT2D eigenvalue weighted by molar-refractivity contribution is 7.16. The molecule has 1 heterocycles. The van der Waals surface area contributed by atoms with Crippen LogP contribution in [0.5, 0.6) is 0 Å². The lowest BCUT2D eigenvalue weighted by molar-refractivity contribution is 0.102. The third-order valence-electron chi connectivity index (χ3n) is 5.48. The molecule has 156 valence electrons. The van der Waals surface area contributed by atoms with E-state index in [0.717, 1.165) is 21.8 Å². The van der Waals surface area contributed by atoms with Crippen molar-refractivity contribution in [2.75, 3.05) is 10.6 Å². The van der Waals surface area contributed by atoms with E-state index >= 15 is 0 Å². The first-order valence-corrected chi connectivity index (χ1v) is 11.2. The third-order valence-corrected chi connectivity index (χ3v) is 6.62. The molecule has 0 aliphatic rings. The number of hydrogen-bond acceptors (Lipinski definition) is 3. The van der Waals surface area contributed by atoms with Gasteiger partial charge < -0.3 is 10.6 Å². The van der Waals surface area contributed by atoms with Crippen molar-refractivity contribution in [2.45, 2.75) is 26.8 Å². The van der Waals surface area contributed by atoms with E-state index in [1.807, 2.05) is 36.4 Å². The lowest BCUT2D eigenvalue weighted by Gasteiger charge is -2.23. The van der Waals surface area contributed by atoms with E-state index in [1.54, 1.807) is 11.3 Å². The van der Waals surface area contributed by atoms with Crippen LogP contribution in [0, 0.1) is 20.8 Å². The highest BCUT2D eigenvalue weighted by Crippen LogP contribution is 2.41. The van der Waals surface area contributed by atoms with Crippen molar-refractivity contribution in [1.29, 1.82) is 0 Å². The van der Waals surface area contributed by atoms with Gasteiger partial charge in [0, 0.05) is 21.7 Å². The van der Waals surface area contributed by atoms with Crippen molar-refractivity contribution in [1.82, 2.24) is 0 Å². The van der Waals surface area contributed by atoms with Crippen LogP contribution in [0.15, 0.2) is 84.9 Å². The van der Waals surface area contributed by atoms with Crippen LogP contribution in [-0.2, 0) is 0 Å². The van der Waals surface area contributed by atoms with Crippen LogP contribution in [-0.4, -0.2) is 5.91 Å². The summed E-state index contributed by atoms with van der Waals surface area (Å²) in [6.45, 7) is 6.32. The summed E-state index contributed by atoms with van der Waals surface area (Å²) in [5.41, 5.74) is 6.38. The van der Waals surface area contributed by atoms with E-state index in [9.17, 15) is 4.79 Å². The van der Waals surface area contributed by atoms with Crippen molar-refractivity contribution in [3.63, 3.8) is 0 Å². The smallest absolute Gasteiger partial charge is 0.256 e. The maximum Gasteiger partial charge on any atom is 0.256 e. The summed E-state index contributed by atoms with van der Waals surface area (Å²) in [7, 11) is 0. The fraction of sp³-hybridized carbons (Fsp3) is 0.148. The molecule has 4 heteroatoms. The molecule has 0 aliphatic heterocycles. The predicted molar refractivity (Wildman–Crippen MR) is 131 cm³/mol. The maximum atomic E-state index is 12.9. The van der Waals surface area contributed by atoms with E-state index in [1.165, 1.54) is 16.0 Å². The highest BCUT2D eigenvalue weighted by Gasteiger charge is 2.24. The van der Waals surface area contributed by atoms with Crippen LogP contribution < -0.4 is 10.6 Å². The van der Waals surface area contributed by atoms with Crippen molar-refractivity contribution in [3.05, 3.63) is 118 Å². The monoisotopic (exact) mass is 426 g/mol. The summed E-state index contributed by atoms with van der Waals surface area (Å²) >= 11 is 1.63. The quantitative estimate of drug-likeness (QED) is 0.344. The molecule has 4 aromatic rings. The lowest BCUT2D eigenvalue weighted by Crippen LogP contribution is -2.17. The Morgan fingerprint density at radius 2 is 1.42 bits per heavy atom. The zero-order valence-corrected chi connectivity index (χ0v) is 18.8. The van der Waals surface area contributed by atoms with Crippen LogP contribution in [0.2, 0.25) is 0 Å². The van der Waals surface area contributed by atoms with Crippen LogP contribution in [0.25, 0.3) is 0 Å². The Morgan fingerprint density at radius 3 is 2.06 bits per heavy atom. The van der Waals surface area contributed by atoms with Crippen LogP contribution in [0.1, 0.15) is 43.5 Å². The number of amides is 1. The molecule has 0 spiro atoms. The van der Waals surface area contributed by atoms with Gasteiger partial charge in [0.25, 0.3) is 5.91 Å².